The fourth-order valence-corrected chi connectivity index (χ4v) is 1.36. The van der Waals surface area contributed by atoms with Crippen LogP contribution >= 0.6 is 0 Å². The Morgan fingerprint density at radius 2 is 2.11 bits per heavy atom. The number of hydrogen-bond acceptors (Lipinski definition) is 5. The zero-order chi connectivity index (χ0) is 13.5. The summed E-state index contributed by atoms with van der Waals surface area (Å²) in [6.07, 6.45) is 2.76. The summed E-state index contributed by atoms with van der Waals surface area (Å²) in [6.45, 7) is 2.03. The molecule has 0 saturated heterocycles. The normalized spacial score (nSPS) is 10.3. The van der Waals surface area contributed by atoms with Crippen LogP contribution in [0, 0.1) is 0 Å². The molecule has 1 aromatic carbocycles. The molecule has 2 N–H and O–H groups in total. The molecule has 18 heavy (non-hydrogen) atoms. The lowest BCUT2D eigenvalue weighted by Crippen LogP contribution is -2.06. The van der Waals surface area contributed by atoms with Crippen molar-refractivity contribution in [2.45, 2.75) is 6.92 Å². The molecule has 0 radical (unpaired) electrons. The molecule has 0 spiro atoms. The number of benzene rings is 1. The Morgan fingerprint density at radius 3 is 2.72 bits per heavy atom. The fourth-order valence-electron chi connectivity index (χ4n) is 1.36. The summed E-state index contributed by atoms with van der Waals surface area (Å²) in [6, 6.07) is 4.91. The van der Waals surface area contributed by atoms with Crippen LogP contribution in [0.4, 0.5) is 5.69 Å². The second kappa shape index (κ2) is 6.44. The average molecular weight is 249 g/mol. The van der Waals surface area contributed by atoms with Gasteiger partial charge in [0.15, 0.2) is 0 Å². The van der Waals surface area contributed by atoms with Crippen molar-refractivity contribution in [1.82, 2.24) is 0 Å². The number of nitrogen functional groups attached to an aromatic ring is 1. The van der Waals surface area contributed by atoms with E-state index in [2.05, 4.69) is 4.74 Å². The van der Waals surface area contributed by atoms with Crippen LogP contribution in [0.1, 0.15) is 22.8 Å². The lowest BCUT2D eigenvalue weighted by Gasteiger charge is -2.06. The highest BCUT2D eigenvalue weighted by atomic mass is 16.5. The predicted octanol–water partition coefficient (Wildman–Crippen LogP) is 1.63. The van der Waals surface area contributed by atoms with Gasteiger partial charge in [0.1, 0.15) is 0 Å². The SMILES string of the molecule is CCOC(=O)C=Cc1cccc(C(=O)OC)c1N. The molecule has 5 heteroatoms. The number of nitrogens with two attached hydrogens (primary N) is 1. The minimum Gasteiger partial charge on any atom is -0.465 e. The zero-order valence-electron chi connectivity index (χ0n) is 10.3. The highest BCUT2D eigenvalue weighted by Gasteiger charge is 2.11. The molecule has 0 heterocycles. The summed E-state index contributed by atoms with van der Waals surface area (Å²) in [5, 5.41) is 0. The Hall–Kier alpha value is -2.30. The molecule has 0 saturated carbocycles. The van der Waals surface area contributed by atoms with Crippen LogP contribution in [0.25, 0.3) is 6.08 Å². The average Bonchev–Trinajstić information content (AvgIpc) is 2.37. The lowest BCUT2D eigenvalue weighted by molar-refractivity contribution is -0.137. The Balaban J connectivity index is 2.97. The topological polar surface area (TPSA) is 78.6 Å². The van der Waals surface area contributed by atoms with E-state index in [0.29, 0.717) is 12.2 Å². The van der Waals surface area contributed by atoms with Gasteiger partial charge in [0.25, 0.3) is 0 Å². The summed E-state index contributed by atoms with van der Waals surface area (Å²) in [4.78, 5) is 22.6. The number of methoxy groups -OCH3 is 1. The van der Waals surface area contributed by atoms with Gasteiger partial charge in [-0.15, -0.1) is 0 Å². The minimum absolute atomic E-state index is 0.267. The van der Waals surface area contributed by atoms with Gasteiger partial charge in [0, 0.05) is 6.08 Å². The first-order valence-electron chi connectivity index (χ1n) is 5.41. The van der Waals surface area contributed by atoms with Crippen LogP contribution in [0.5, 0.6) is 0 Å². The van der Waals surface area contributed by atoms with Crippen LogP contribution in [0.2, 0.25) is 0 Å². The van der Waals surface area contributed by atoms with E-state index < -0.39 is 11.9 Å². The van der Waals surface area contributed by atoms with Gasteiger partial charge in [-0.3, -0.25) is 0 Å². The van der Waals surface area contributed by atoms with Crippen LogP contribution < -0.4 is 5.73 Å². The van der Waals surface area contributed by atoms with E-state index in [9.17, 15) is 9.59 Å². The van der Waals surface area contributed by atoms with Gasteiger partial charge in [-0.1, -0.05) is 12.1 Å². The molecular weight excluding hydrogens is 234 g/mol. The van der Waals surface area contributed by atoms with Gasteiger partial charge in [-0.2, -0.15) is 0 Å². The summed E-state index contributed by atoms with van der Waals surface area (Å²) in [5.41, 5.74) is 6.91. The first-order chi connectivity index (χ1) is 8.60. The highest BCUT2D eigenvalue weighted by Crippen LogP contribution is 2.19. The number of carbonyl (C=O) groups is 2. The molecule has 5 nitrogen and oxygen atoms in total. The molecule has 0 aromatic heterocycles. The Morgan fingerprint density at radius 1 is 1.39 bits per heavy atom. The van der Waals surface area contributed by atoms with Gasteiger partial charge < -0.3 is 15.2 Å². The van der Waals surface area contributed by atoms with Crippen molar-refractivity contribution < 1.29 is 19.1 Å². The van der Waals surface area contributed by atoms with Gasteiger partial charge in [0.05, 0.1) is 25.0 Å². The number of rotatable bonds is 4. The maximum atomic E-state index is 11.4. The summed E-state index contributed by atoms with van der Waals surface area (Å²) >= 11 is 0. The smallest absolute Gasteiger partial charge is 0.339 e. The summed E-state index contributed by atoms with van der Waals surface area (Å²) in [7, 11) is 1.28. The van der Waals surface area contributed by atoms with Crippen molar-refractivity contribution in [3.63, 3.8) is 0 Å². The molecule has 0 unspecified atom stereocenters. The maximum Gasteiger partial charge on any atom is 0.339 e. The molecule has 0 atom stereocenters. The van der Waals surface area contributed by atoms with Crippen molar-refractivity contribution in [3.8, 4) is 0 Å². The van der Waals surface area contributed by atoms with Crippen molar-refractivity contribution >= 4 is 23.7 Å². The van der Waals surface area contributed by atoms with E-state index in [4.69, 9.17) is 10.5 Å². The molecule has 0 aliphatic heterocycles. The number of ether oxygens (including phenoxy) is 2. The monoisotopic (exact) mass is 249 g/mol. The summed E-state index contributed by atoms with van der Waals surface area (Å²) < 4.78 is 9.35. The third-order valence-corrected chi connectivity index (χ3v) is 2.23. The second-order valence-electron chi connectivity index (χ2n) is 3.39. The predicted molar refractivity (Wildman–Crippen MR) is 67.9 cm³/mol. The first-order valence-corrected chi connectivity index (χ1v) is 5.41. The number of hydrogen-bond donors (Lipinski definition) is 1. The van der Waals surface area contributed by atoms with Gasteiger partial charge in [-0.05, 0) is 24.6 Å². The van der Waals surface area contributed by atoms with Crippen molar-refractivity contribution in [2.75, 3.05) is 19.5 Å². The van der Waals surface area contributed by atoms with Crippen molar-refractivity contribution in [3.05, 3.63) is 35.4 Å². The van der Waals surface area contributed by atoms with Gasteiger partial charge in [0.2, 0.25) is 0 Å². The molecule has 0 fully saturated rings. The Kier molecular flexibility index (Phi) is 4.92. The van der Waals surface area contributed by atoms with Gasteiger partial charge in [-0.25, -0.2) is 9.59 Å². The number of carbonyl (C=O) groups excluding carboxylic acids is 2. The van der Waals surface area contributed by atoms with E-state index in [0.717, 1.165) is 0 Å². The number of anilines is 1. The van der Waals surface area contributed by atoms with E-state index in [1.165, 1.54) is 19.3 Å². The second-order valence-corrected chi connectivity index (χ2v) is 3.39. The molecular formula is C13H15NO4. The lowest BCUT2D eigenvalue weighted by atomic mass is 10.1. The first kappa shape index (κ1) is 13.8. The number of para-hydroxylation sites is 1. The third-order valence-electron chi connectivity index (χ3n) is 2.23. The molecule has 0 amide bonds. The maximum absolute atomic E-state index is 11.4. The molecule has 1 rings (SSSR count). The van der Waals surface area contributed by atoms with E-state index in [1.54, 1.807) is 25.1 Å². The van der Waals surface area contributed by atoms with Crippen LogP contribution in [0.3, 0.4) is 0 Å². The van der Waals surface area contributed by atoms with Crippen LogP contribution in [-0.2, 0) is 14.3 Å². The summed E-state index contributed by atoms with van der Waals surface area (Å²) in [5.74, 6) is -0.973. The van der Waals surface area contributed by atoms with Crippen LogP contribution in [0.15, 0.2) is 24.3 Å². The van der Waals surface area contributed by atoms with E-state index in [1.807, 2.05) is 0 Å². The molecule has 0 aliphatic carbocycles. The molecule has 1 aromatic rings. The number of esters is 2. The minimum atomic E-state index is -0.515. The third kappa shape index (κ3) is 3.35. The Labute approximate surface area is 105 Å². The fraction of sp³-hybridized carbons (Fsp3) is 0.231. The van der Waals surface area contributed by atoms with Crippen molar-refractivity contribution in [2.24, 2.45) is 0 Å². The highest BCUT2D eigenvalue weighted by molar-refractivity contribution is 5.98. The largest absolute Gasteiger partial charge is 0.465 e. The zero-order valence-corrected chi connectivity index (χ0v) is 10.3. The van der Waals surface area contributed by atoms with E-state index in [-0.39, 0.29) is 11.3 Å². The quantitative estimate of drug-likeness (QED) is 0.498. The molecule has 0 aliphatic rings. The van der Waals surface area contributed by atoms with E-state index >= 15 is 0 Å². The Bertz CT molecular complexity index is 480. The van der Waals surface area contributed by atoms with Gasteiger partial charge >= 0.3 is 11.9 Å². The standard InChI is InChI=1S/C13H15NO4/c1-3-18-11(15)8-7-9-5-4-6-10(12(9)14)13(16)17-2/h4-8H,3,14H2,1-2H3. The molecule has 96 valence electrons. The molecule has 0 bridgehead atoms. The van der Waals surface area contributed by atoms with Crippen LogP contribution in [-0.4, -0.2) is 25.7 Å². The van der Waals surface area contributed by atoms with Crippen molar-refractivity contribution in [1.29, 1.82) is 0 Å².